The van der Waals surface area contributed by atoms with Crippen molar-refractivity contribution in [2.45, 2.75) is 19.4 Å². The van der Waals surface area contributed by atoms with E-state index >= 15 is 0 Å². The lowest BCUT2D eigenvalue weighted by molar-refractivity contribution is -0.134. The van der Waals surface area contributed by atoms with Crippen LogP contribution in [0, 0.1) is 5.92 Å². The zero-order valence-electron chi connectivity index (χ0n) is 11.2. The SMILES string of the molecule is CN(C)C(=O)C1CCN(Cc2cccnc2)CC1. The zero-order valence-corrected chi connectivity index (χ0v) is 11.2. The molecule has 1 aliphatic heterocycles. The van der Waals surface area contributed by atoms with Gasteiger partial charge in [-0.2, -0.15) is 0 Å². The molecule has 0 bridgehead atoms. The van der Waals surface area contributed by atoms with Gasteiger partial charge in [0.15, 0.2) is 0 Å². The first-order valence-corrected chi connectivity index (χ1v) is 6.49. The molecular weight excluding hydrogens is 226 g/mol. The maximum atomic E-state index is 11.9. The van der Waals surface area contributed by atoms with E-state index in [0.29, 0.717) is 0 Å². The number of hydrogen-bond acceptors (Lipinski definition) is 3. The van der Waals surface area contributed by atoms with E-state index in [1.807, 2.05) is 26.4 Å². The van der Waals surface area contributed by atoms with Crippen molar-refractivity contribution in [1.29, 1.82) is 0 Å². The van der Waals surface area contributed by atoms with Crippen LogP contribution in [0.1, 0.15) is 18.4 Å². The van der Waals surface area contributed by atoms with Gasteiger partial charge in [0.05, 0.1) is 0 Å². The fraction of sp³-hybridized carbons (Fsp3) is 0.571. The molecule has 4 nitrogen and oxygen atoms in total. The van der Waals surface area contributed by atoms with Crippen LogP contribution in [0.15, 0.2) is 24.5 Å². The highest BCUT2D eigenvalue weighted by Gasteiger charge is 2.25. The molecule has 98 valence electrons. The van der Waals surface area contributed by atoms with Crippen LogP contribution < -0.4 is 0 Å². The first kappa shape index (κ1) is 13.0. The van der Waals surface area contributed by atoms with Gasteiger partial charge in [-0.15, -0.1) is 0 Å². The molecule has 0 aromatic carbocycles. The van der Waals surface area contributed by atoms with Gasteiger partial charge in [0.2, 0.25) is 5.91 Å². The molecule has 0 radical (unpaired) electrons. The number of aromatic nitrogens is 1. The minimum Gasteiger partial charge on any atom is -0.349 e. The van der Waals surface area contributed by atoms with E-state index in [1.165, 1.54) is 5.56 Å². The third-order valence-electron chi connectivity index (χ3n) is 3.51. The highest BCUT2D eigenvalue weighted by molar-refractivity contribution is 5.78. The summed E-state index contributed by atoms with van der Waals surface area (Å²) in [4.78, 5) is 20.1. The Morgan fingerprint density at radius 1 is 1.44 bits per heavy atom. The van der Waals surface area contributed by atoms with Crippen LogP contribution in [0.2, 0.25) is 0 Å². The smallest absolute Gasteiger partial charge is 0.225 e. The number of hydrogen-bond donors (Lipinski definition) is 0. The van der Waals surface area contributed by atoms with Gasteiger partial charge in [0, 0.05) is 39.0 Å². The molecule has 0 aliphatic carbocycles. The van der Waals surface area contributed by atoms with Crippen LogP contribution in [0.4, 0.5) is 0 Å². The van der Waals surface area contributed by atoms with Crippen LogP contribution in [0.3, 0.4) is 0 Å². The zero-order chi connectivity index (χ0) is 13.0. The second kappa shape index (κ2) is 5.96. The van der Waals surface area contributed by atoms with Gasteiger partial charge in [-0.3, -0.25) is 14.7 Å². The number of amides is 1. The van der Waals surface area contributed by atoms with E-state index in [-0.39, 0.29) is 11.8 Å². The third kappa shape index (κ3) is 3.29. The second-order valence-electron chi connectivity index (χ2n) is 5.14. The monoisotopic (exact) mass is 247 g/mol. The first-order chi connectivity index (χ1) is 8.66. The number of nitrogens with zero attached hydrogens (tertiary/aromatic N) is 3. The number of likely N-dealkylation sites (tertiary alicyclic amines) is 1. The Balaban J connectivity index is 1.82. The summed E-state index contributed by atoms with van der Waals surface area (Å²) in [6.45, 7) is 2.94. The van der Waals surface area contributed by atoms with Crippen molar-refractivity contribution in [2.75, 3.05) is 27.2 Å². The van der Waals surface area contributed by atoms with Gasteiger partial charge in [0.25, 0.3) is 0 Å². The van der Waals surface area contributed by atoms with Crippen LogP contribution in [0.25, 0.3) is 0 Å². The van der Waals surface area contributed by atoms with E-state index in [2.05, 4.69) is 16.0 Å². The summed E-state index contributed by atoms with van der Waals surface area (Å²) < 4.78 is 0. The number of piperidine rings is 1. The van der Waals surface area contributed by atoms with Crippen LogP contribution in [-0.2, 0) is 11.3 Å². The summed E-state index contributed by atoms with van der Waals surface area (Å²) in [5.74, 6) is 0.487. The van der Waals surface area contributed by atoms with E-state index < -0.39 is 0 Å². The molecule has 1 aromatic heterocycles. The number of carbonyl (C=O) groups excluding carboxylic acids is 1. The van der Waals surface area contributed by atoms with Gasteiger partial charge < -0.3 is 4.90 Å². The maximum Gasteiger partial charge on any atom is 0.225 e. The molecule has 0 spiro atoms. The molecule has 2 rings (SSSR count). The molecule has 0 atom stereocenters. The predicted molar refractivity (Wildman–Crippen MR) is 70.9 cm³/mol. The van der Waals surface area contributed by atoms with Crippen LogP contribution >= 0.6 is 0 Å². The molecule has 1 amide bonds. The number of pyridine rings is 1. The fourth-order valence-corrected chi connectivity index (χ4v) is 2.45. The van der Waals surface area contributed by atoms with Crippen molar-refractivity contribution in [3.63, 3.8) is 0 Å². The molecule has 18 heavy (non-hydrogen) atoms. The van der Waals surface area contributed by atoms with Crippen molar-refractivity contribution < 1.29 is 4.79 Å². The Hall–Kier alpha value is -1.42. The lowest BCUT2D eigenvalue weighted by Gasteiger charge is -2.32. The van der Waals surface area contributed by atoms with Gasteiger partial charge in [0.1, 0.15) is 0 Å². The second-order valence-corrected chi connectivity index (χ2v) is 5.14. The Morgan fingerprint density at radius 3 is 2.72 bits per heavy atom. The summed E-state index contributed by atoms with van der Waals surface area (Å²) in [7, 11) is 3.68. The lowest BCUT2D eigenvalue weighted by Crippen LogP contribution is -2.39. The number of rotatable bonds is 3. The van der Waals surface area contributed by atoms with Gasteiger partial charge in [-0.05, 0) is 37.6 Å². The van der Waals surface area contributed by atoms with Crippen LogP contribution in [0.5, 0.6) is 0 Å². The van der Waals surface area contributed by atoms with E-state index in [4.69, 9.17) is 0 Å². The van der Waals surface area contributed by atoms with E-state index in [1.54, 1.807) is 11.1 Å². The molecule has 1 aromatic rings. The Morgan fingerprint density at radius 2 is 2.17 bits per heavy atom. The third-order valence-corrected chi connectivity index (χ3v) is 3.51. The molecule has 4 heteroatoms. The predicted octanol–water partition coefficient (Wildman–Crippen LogP) is 1.38. The quantitative estimate of drug-likeness (QED) is 0.809. The normalized spacial score (nSPS) is 17.7. The van der Waals surface area contributed by atoms with Crippen LogP contribution in [-0.4, -0.2) is 47.9 Å². The average Bonchev–Trinajstić information content (AvgIpc) is 2.40. The minimum absolute atomic E-state index is 0.213. The van der Waals surface area contributed by atoms with Gasteiger partial charge in [-0.25, -0.2) is 0 Å². The van der Waals surface area contributed by atoms with Crippen molar-refractivity contribution >= 4 is 5.91 Å². The molecular formula is C14H21N3O. The molecule has 2 heterocycles. The molecule has 0 saturated carbocycles. The standard InChI is InChI=1S/C14H21N3O/c1-16(2)14(18)13-5-8-17(9-6-13)11-12-4-3-7-15-10-12/h3-4,7,10,13H,5-6,8-9,11H2,1-2H3. The lowest BCUT2D eigenvalue weighted by atomic mass is 9.95. The molecule has 0 N–H and O–H groups in total. The highest BCUT2D eigenvalue weighted by Crippen LogP contribution is 2.20. The first-order valence-electron chi connectivity index (χ1n) is 6.49. The van der Waals surface area contributed by atoms with Crippen molar-refractivity contribution in [3.8, 4) is 0 Å². The maximum absolute atomic E-state index is 11.9. The minimum atomic E-state index is 0.213. The highest BCUT2D eigenvalue weighted by atomic mass is 16.2. The number of carbonyl (C=O) groups is 1. The molecule has 1 saturated heterocycles. The van der Waals surface area contributed by atoms with E-state index in [9.17, 15) is 4.79 Å². The topological polar surface area (TPSA) is 36.4 Å². The molecule has 0 unspecified atom stereocenters. The summed E-state index contributed by atoms with van der Waals surface area (Å²) in [6.07, 6.45) is 5.65. The fourth-order valence-electron chi connectivity index (χ4n) is 2.45. The molecule has 1 aliphatic rings. The summed E-state index contributed by atoms with van der Waals surface area (Å²) in [6, 6.07) is 4.07. The summed E-state index contributed by atoms with van der Waals surface area (Å²) in [5, 5.41) is 0. The van der Waals surface area contributed by atoms with Crippen molar-refractivity contribution in [3.05, 3.63) is 30.1 Å². The summed E-state index contributed by atoms with van der Waals surface area (Å²) >= 11 is 0. The van der Waals surface area contributed by atoms with Crippen molar-refractivity contribution in [2.24, 2.45) is 5.92 Å². The van der Waals surface area contributed by atoms with Gasteiger partial charge >= 0.3 is 0 Å². The Kier molecular flexibility index (Phi) is 4.31. The Bertz CT molecular complexity index is 383. The van der Waals surface area contributed by atoms with E-state index in [0.717, 1.165) is 32.5 Å². The van der Waals surface area contributed by atoms with Gasteiger partial charge in [-0.1, -0.05) is 6.07 Å². The summed E-state index contributed by atoms with van der Waals surface area (Å²) in [5.41, 5.74) is 1.25. The average molecular weight is 247 g/mol. The largest absolute Gasteiger partial charge is 0.349 e. The molecule has 1 fully saturated rings. The Labute approximate surface area is 109 Å². The van der Waals surface area contributed by atoms with Crippen molar-refractivity contribution in [1.82, 2.24) is 14.8 Å².